The molecule has 0 saturated carbocycles. The molecule has 0 bridgehead atoms. The van der Waals surface area contributed by atoms with Crippen LogP contribution in [0.25, 0.3) is 5.69 Å². The highest BCUT2D eigenvalue weighted by atomic mass is 35.5. The summed E-state index contributed by atoms with van der Waals surface area (Å²) in [5.74, 6) is 0.116. The number of allylic oxidation sites excluding steroid dienone is 1. The molecule has 1 heterocycles. The van der Waals surface area contributed by atoms with E-state index < -0.39 is 0 Å². The van der Waals surface area contributed by atoms with Crippen molar-refractivity contribution < 1.29 is 4.79 Å². The smallest absolute Gasteiger partial charge is 0.223 e. The lowest BCUT2D eigenvalue weighted by molar-refractivity contribution is -0.125. The largest absolute Gasteiger partial charge is 0.352 e. The third-order valence-corrected chi connectivity index (χ3v) is 3.99. The summed E-state index contributed by atoms with van der Waals surface area (Å²) in [7, 11) is 0. The van der Waals surface area contributed by atoms with Gasteiger partial charge in [-0.05, 0) is 23.6 Å². The third kappa shape index (κ3) is 3.98. The van der Waals surface area contributed by atoms with Crippen LogP contribution in [-0.4, -0.2) is 15.7 Å². The van der Waals surface area contributed by atoms with Gasteiger partial charge in [0, 0.05) is 18.7 Å². The molecule has 0 spiro atoms. The Morgan fingerprint density at radius 3 is 2.64 bits per heavy atom. The van der Waals surface area contributed by atoms with Gasteiger partial charge in [-0.25, -0.2) is 4.68 Å². The standard InChI is InChI=1S/C17H20ClN3O/c1-4-12(2)13(3)17(22)19-9-14-5-7-16(8-6-14)21-11-15(18)10-20-21/h4-8,10-13H,1,9H2,2-3H3,(H,19,22). The second-order valence-corrected chi connectivity index (χ2v) is 5.81. The minimum absolute atomic E-state index is 0.0373. The molecule has 4 nitrogen and oxygen atoms in total. The maximum Gasteiger partial charge on any atom is 0.223 e. The lowest BCUT2D eigenvalue weighted by Gasteiger charge is -2.16. The van der Waals surface area contributed by atoms with Crippen molar-refractivity contribution in [2.75, 3.05) is 0 Å². The van der Waals surface area contributed by atoms with Crippen molar-refractivity contribution in [2.24, 2.45) is 11.8 Å². The number of hydrogen-bond acceptors (Lipinski definition) is 2. The molecule has 2 aromatic rings. The van der Waals surface area contributed by atoms with Crippen molar-refractivity contribution in [3.05, 3.63) is 59.9 Å². The van der Waals surface area contributed by atoms with E-state index in [4.69, 9.17) is 11.6 Å². The maximum atomic E-state index is 12.0. The SMILES string of the molecule is C=CC(C)C(C)C(=O)NCc1ccc(-n2cc(Cl)cn2)cc1. The van der Waals surface area contributed by atoms with Gasteiger partial charge in [-0.15, -0.1) is 6.58 Å². The van der Waals surface area contributed by atoms with Gasteiger partial charge in [0.05, 0.1) is 16.9 Å². The maximum absolute atomic E-state index is 12.0. The van der Waals surface area contributed by atoms with Crippen LogP contribution in [0.1, 0.15) is 19.4 Å². The molecular weight excluding hydrogens is 298 g/mol. The van der Waals surface area contributed by atoms with E-state index in [1.165, 1.54) is 0 Å². The number of aromatic nitrogens is 2. The molecule has 0 aliphatic carbocycles. The number of rotatable bonds is 6. The zero-order chi connectivity index (χ0) is 16.1. The number of halogens is 1. The Kier molecular flexibility index (Phi) is 5.39. The minimum Gasteiger partial charge on any atom is -0.352 e. The van der Waals surface area contributed by atoms with Crippen molar-refractivity contribution in [3.8, 4) is 5.69 Å². The Bertz CT molecular complexity index is 648. The van der Waals surface area contributed by atoms with Crippen LogP contribution in [0.2, 0.25) is 5.02 Å². The molecule has 116 valence electrons. The molecule has 0 saturated heterocycles. The summed E-state index contributed by atoms with van der Waals surface area (Å²) in [5, 5.41) is 7.69. The Morgan fingerprint density at radius 2 is 2.09 bits per heavy atom. The van der Waals surface area contributed by atoms with E-state index in [2.05, 4.69) is 17.0 Å². The van der Waals surface area contributed by atoms with Crippen LogP contribution in [-0.2, 0) is 11.3 Å². The normalized spacial score (nSPS) is 13.4. The van der Waals surface area contributed by atoms with Gasteiger partial charge in [-0.1, -0.05) is 43.7 Å². The number of nitrogens with zero attached hydrogens (tertiary/aromatic N) is 2. The lowest BCUT2D eigenvalue weighted by Crippen LogP contribution is -2.31. The average Bonchev–Trinajstić information content (AvgIpc) is 2.98. The molecule has 0 radical (unpaired) electrons. The summed E-state index contributed by atoms with van der Waals surface area (Å²) in [6.07, 6.45) is 5.14. The number of hydrogen-bond donors (Lipinski definition) is 1. The molecular formula is C17H20ClN3O. The first kappa shape index (κ1) is 16.3. The first-order valence-corrected chi connectivity index (χ1v) is 7.59. The van der Waals surface area contributed by atoms with Gasteiger partial charge in [0.2, 0.25) is 5.91 Å². The fraction of sp³-hybridized carbons (Fsp3) is 0.294. The van der Waals surface area contributed by atoms with Gasteiger partial charge < -0.3 is 5.32 Å². The van der Waals surface area contributed by atoms with E-state index in [1.54, 1.807) is 23.2 Å². The van der Waals surface area contributed by atoms with Gasteiger partial charge in [-0.3, -0.25) is 4.79 Å². The summed E-state index contributed by atoms with van der Waals surface area (Å²) >= 11 is 5.86. The fourth-order valence-electron chi connectivity index (χ4n) is 2.00. The fourth-order valence-corrected chi connectivity index (χ4v) is 2.14. The van der Waals surface area contributed by atoms with Crippen molar-refractivity contribution >= 4 is 17.5 Å². The molecule has 2 rings (SSSR count). The predicted molar refractivity (Wildman–Crippen MR) is 88.9 cm³/mol. The van der Waals surface area contributed by atoms with Gasteiger partial charge >= 0.3 is 0 Å². The third-order valence-electron chi connectivity index (χ3n) is 3.79. The van der Waals surface area contributed by atoms with Gasteiger partial charge in [0.15, 0.2) is 0 Å². The molecule has 1 aromatic heterocycles. The van der Waals surface area contributed by atoms with E-state index in [0.29, 0.717) is 11.6 Å². The molecule has 0 fully saturated rings. The van der Waals surface area contributed by atoms with Crippen molar-refractivity contribution in [2.45, 2.75) is 20.4 Å². The number of benzene rings is 1. The van der Waals surface area contributed by atoms with Crippen LogP contribution in [0.4, 0.5) is 0 Å². The lowest BCUT2D eigenvalue weighted by atomic mass is 9.95. The summed E-state index contributed by atoms with van der Waals surface area (Å²) < 4.78 is 1.71. The topological polar surface area (TPSA) is 46.9 Å². The van der Waals surface area contributed by atoms with E-state index >= 15 is 0 Å². The molecule has 1 amide bonds. The zero-order valence-corrected chi connectivity index (χ0v) is 13.5. The van der Waals surface area contributed by atoms with Gasteiger partial charge in [-0.2, -0.15) is 5.10 Å². The number of carbonyl (C=O) groups is 1. The Labute approximate surface area is 135 Å². The first-order chi connectivity index (χ1) is 10.5. The Morgan fingerprint density at radius 1 is 1.41 bits per heavy atom. The van der Waals surface area contributed by atoms with Gasteiger partial charge in [0.1, 0.15) is 0 Å². The van der Waals surface area contributed by atoms with E-state index in [-0.39, 0.29) is 17.7 Å². The van der Waals surface area contributed by atoms with Crippen LogP contribution >= 0.6 is 11.6 Å². The monoisotopic (exact) mass is 317 g/mol. The summed E-state index contributed by atoms with van der Waals surface area (Å²) in [4.78, 5) is 12.0. The second kappa shape index (κ2) is 7.27. The number of amides is 1. The Hall–Kier alpha value is -2.07. The molecule has 2 atom stereocenters. The predicted octanol–water partition coefficient (Wildman–Crippen LogP) is 3.60. The van der Waals surface area contributed by atoms with Crippen LogP contribution in [0.3, 0.4) is 0 Å². The number of carbonyl (C=O) groups excluding carboxylic acids is 1. The first-order valence-electron chi connectivity index (χ1n) is 7.21. The summed E-state index contributed by atoms with van der Waals surface area (Å²) in [6.45, 7) is 8.13. The van der Waals surface area contributed by atoms with Crippen molar-refractivity contribution in [3.63, 3.8) is 0 Å². The molecule has 1 N–H and O–H groups in total. The van der Waals surface area contributed by atoms with E-state index in [1.807, 2.05) is 38.1 Å². The van der Waals surface area contributed by atoms with Gasteiger partial charge in [0.25, 0.3) is 0 Å². The highest BCUT2D eigenvalue weighted by molar-refractivity contribution is 6.30. The van der Waals surface area contributed by atoms with Crippen molar-refractivity contribution in [1.82, 2.24) is 15.1 Å². The van der Waals surface area contributed by atoms with Crippen molar-refractivity contribution in [1.29, 1.82) is 0 Å². The van der Waals surface area contributed by atoms with E-state index in [9.17, 15) is 4.79 Å². The zero-order valence-electron chi connectivity index (χ0n) is 12.8. The molecule has 5 heteroatoms. The van der Waals surface area contributed by atoms with Crippen LogP contribution in [0, 0.1) is 11.8 Å². The van der Waals surface area contributed by atoms with Crippen LogP contribution in [0.15, 0.2) is 49.3 Å². The molecule has 2 unspecified atom stereocenters. The van der Waals surface area contributed by atoms with Crippen LogP contribution < -0.4 is 5.32 Å². The highest BCUT2D eigenvalue weighted by Crippen LogP contribution is 2.14. The minimum atomic E-state index is -0.0806. The summed E-state index contributed by atoms with van der Waals surface area (Å²) in [5.41, 5.74) is 1.96. The van der Waals surface area contributed by atoms with Crippen LogP contribution in [0.5, 0.6) is 0 Å². The summed E-state index contributed by atoms with van der Waals surface area (Å²) in [6, 6.07) is 7.82. The quantitative estimate of drug-likeness (QED) is 0.827. The molecule has 0 aliphatic heterocycles. The molecule has 1 aromatic carbocycles. The molecule has 0 aliphatic rings. The Balaban J connectivity index is 1.94. The average molecular weight is 318 g/mol. The highest BCUT2D eigenvalue weighted by Gasteiger charge is 2.17. The molecule has 22 heavy (non-hydrogen) atoms. The number of nitrogens with one attached hydrogen (secondary N) is 1. The van der Waals surface area contributed by atoms with E-state index in [0.717, 1.165) is 11.3 Å². The second-order valence-electron chi connectivity index (χ2n) is 5.37.